The molecular formula is C15H20N4O. The van der Waals surface area contributed by atoms with Gasteiger partial charge in [-0.1, -0.05) is 6.92 Å². The summed E-state index contributed by atoms with van der Waals surface area (Å²) in [6, 6.07) is 5.68. The Hall–Kier alpha value is -2.30. The second kappa shape index (κ2) is 6.75. The summed E-state index contributed by atoms with van der Waals surface area (Å²) in [5, 5.41) is 3.29. The normalized spacial score (nSPS) is 10.3. The van der Waals surface area contributed by atoms with Gasteiger partial charge in [-0.2, -0.15) is 0 Å². The van der Waals surface area contributed by atoms with Crippen molar-refractivity contribution in [3.05, 3.63) is 42.0 Å². The Balaban J connectivity index is 2.00. The van der Waals surface area contributed by atoms with Crippen LogP contribution in [0.1, 0.15) is 24.7 Å². The number of nitrogens with zero attached hydrogens (tertiary/aromatic N) is 2. The highest BCUT2D eigenvalue weighted by Gasteiger charge is 2.03. The zero-order valence-corrected chi connectivity index (χ0v) is 11.9. The van der Waals surface area contributed by atoms with E-state index in [0.29, 0.717) is 24.6 Å². The van der Waals surface area contributed by atoms with Crippen molar-refractivity contribution in [2.24, 2.45) is 0 Å². The Morgan fingerprint density at radius 3 is 2.80 bits per heavy atom. The third-order valence-electron chi connectivity index (χ3n) is 2.78. The van der Waals surface area contributed by atoms with Crippen LogP contribution in [0.25, 0.3) is 0 Å². The average Bonchev–Trinajstić information content (AvgIpc) is 2.46. The molecule has 5 heteroatoms. The van der Waals surface area contributed by atoms with Crippen LogP contribution in [0.15, 0.2) is 30.6 Å². The number of aryl methyl sites for hydroxylation is 1. The minimum absolute atomic E-state index is 0.615. The molecule has 0 saturated heterocycles. The minimum Gasteiger partial charge on any atom is -0.491 e. The highest BCUT2D eigenvalue weighted by Crippen LogP contribution is 2.25. The van der Waals surface area contributed by atoms with Crippen molar-refractivity contribution in [1.82, 2.24) is 9.97 Å². The molecule has 0 aliphatic carbocycles. The first-order valence-electron chi connectivity index (χ1n) is 6.72. The van der Waals surface area contributed by atoms with Crippen LogP contribution >= 0.6 is 0 Å². The third-order valence-corrected chi connectivity index (χ3v) is 2.78. The maximum Gasteiger partial charge on any atom is 0.144 e. The van der Waals surface area contributed by atoms with Crippen molar-refractivity contribution >= 4 is 11.4 Å². The fourth-order valence-corrected chi connectivity index (χ4v) is 1.68. The molecule has 0 aliphatic rings. The first kappa shape index (κ1) is 14.1. The van der Waals surface area contributed by atoms with E-state index < -0.39 is 0 Å². The number of anilines is 2. The molecular weight excluding hydrogens is 252 g/mol. The van der Waals surface area contributed by atoms with E-state index in [9.17, 15) is 0 Å². The number of nitrogens with one attached hydrogen (secondary N) is 1. The van der Waals surface area contributed by atoms with Gasteiger partial charge in [0.05, 0.1) is 36.4 Å². The fourth-order valence-electron chi connectivity index (χ4n) is 1.68. The van der Waals surface area contributed by atoms with Crippen LogP contribution in [0.5, 0.6) is 5.75 Å². The molecule has 0 spiro atoms. The highest BCUT2D eigenvalue weighted by molar-refractivity contribution is 5.61. The summed E-state index contributed by atoms with van der Waals surface area (Å²) < 4.78 is 5.60. The van der Waals surface area contributed by atoms with Crippen LogP contribution in [-0.4, -0.2) is 16.6 Å². The molecule has 20 heavy (non-hydrogen) atoms. The standard InChI is InChI=1S/C15H20N4O/c1-3-6-20-15-7-12(4-5-14(15)16)19-10-13-9-17-11(2)8-18-13/h4-5,7-9,19H,3,6,10,16H2,1-2H3. The van der Waals surface area contributed by atoms with E-state index in [1.54, 1.807) is 12.4 Å². The largest absolute Gasteiger partial charge is 0.491 e. The molecule has 0 aliphatic heterocycles. The monoisotopic (exact) mass is 272 g/mol. The van der Waals surface area contributed by atoms with Gasteiger partial charge in [-0.15, -0.1) is 0 Å². The van der Waals surface area contributed by atoms with Crippen molar-refractivity contribution in [3.63, 3.8) is 0 Å². The van der Waals surface area contributed by atoms with Crippen LogP contribution < -0.4 is 15.8 Å². The summed E-state index contributed by atoms with van der Waals surface area (Å²) in [6.07, 6.45) is 4.49. The van der Waals surface area contributed by atoms with Gasteiger partial charge in [0.1, 0.15) is 5.75 Å². The smallest absolute Gasteiger partial charge is 0.144 e. The van der Waals surface area contributed by atoms with Gasteiger partial charge in [0, 0.05) is 18.0 Å². The Bertz CT molecular complexity index is 554. The summed E-state index contributed by atoms with van der Waals surface area (Å²) in [5.74, 6) is 0.715. The molecule has 2 rings (SSSR count). The van der Waals surface area contributed by atoms with Crippen molar-refractivity contribution in [2.45, 2.75) is 26.8 Å². The van der Waals surface area contributed by atoms with Crippen molar-refractivity contribution in [2.75, 3.05) is 17.7 Å². The van der Waals surface area contributed by atoms with Crippen molar-refractivity contribution < 1.29 is 4.74 Å². The van der Waals surface area contributed by atoms with E-state index >= 15 is 0 Å². The van der Waals surface area contributed by atoms with E-state index in [-0.39, 0.29) is 0 Å². The van der Waals surface area contributed by atoms with Crippen molar-refractivity contribution in [1.29, 1.82) is 0 Å². The first-order valence-corrected chi connectivity index (χ1v) is 6.72. The zero-order chi connectivity index (χ0) is 14.4. The number of nitrogens with two attached hydrogens (primary N) is 1. The lowest BCUT2D eigenvalue weighted by Crippen LogP contribution is -2.04. The topological polar surface area (TPSA) is 73.1 Å². The molecule has 1 heterocycles. The van der Waals surface area contributed by atoms with Gasteiger partial charge in [0.2, 0.25) is 0 Å². The molecule has 2 aromatic rings. The predicted molar refractivity (Wildman–Crippen MR) is 80.7 cm³/mol. The molecule has 0 bridgehead atoms. The molecule has 0 unspecified atom stereocenters. The van der Waals surface area contributed by atoms with Gasteiger partial charge in [-0.3, -0.25) is 9.97 Å². The minimum atomic E-state index is 0.615. The number of rotatable bonds is 6. The lowest BCUT2D eigenvalue weighted by atomic mass is 10.2. The van der Waals surface area contributed by atoms with E-state index in [1.165, 1.54) is 0 Å². The molecule has 3 N–H and O–H groups in total. The third kappa shape index (κ3) is 3.85. The molecule has 0 radical (unpaired) electrons. The number of hydrogen-bond acceptors (Lipinski definition) is 5. The number of ether oxygens (including phenoxy) is 1. The molecule has 1 aromatic heterocycles. The zero-order valence-electron chi connectivity index (χ0n) is 11.9. The van der Waals surface area contributed by atoms with E-state index in [4.69, 9.17) is 10.5 Å². The van der Waals surface area contributed by atoms with Gasteiger partial charge >= 0.3 is 0 Å². The summed E-state index contributed by atoms with van der Waals surface area (Å²) in [7, 11) is 0. The van der Waals surface area contributed by atoms with Crippen LogP contribution in [-0.2, 0) is 6.54 Å². The SMILES string of the molecule is CCCOc1cc(NCc2cnc(C)cn2)ccc1N. The second-order valence-electron chi connectivity index (χ2n) is 4.60. The number of nitrogen functional groups attached to an aromatic ring is 1. The molecule has 0 amide bonds. The second-order valence-corrected chi connectivity index (χ2v) is 4.60. The Morgan fingerprint density at radius 1 is 1.25 bits per heavy atom. The van der Waals surface area contributed by atoms with Crippen LogP contribution in [0.2, 0.25) is 0 Å². The summed E-state index contributed by atoms with van der Waals surface area (Å²) in [5.41, 5.74) is 9.29. The summed E-state index contributed by atoms with van der Waals surface area (Å²) in [4.78, 5) is 8.52. The summed E-state index contributed by atoms with van der Waals surface area (Å²) >= 11 is 0. The summed E-state index contributed by atoms with van der Waals surface area (Å²) in [6.45, 7) is 5.26. The first-order chi connectivity index (χ1) is 9.69. The van der Waals surface area contributed by atoms with Crippen molar-refractivity contribution in [3.8, 4) is 5.75 Å². The van der Waals surface area contributed by atoms with Crippen LogP contribution in [0.4, 0.5) is 11.4 Å². The number of benzene rings is 1. The molecule has 5 nitrogen and oxygen atoms in total. The molecule has 1 aromatic carbocycles. The van der Waals surface area contributed by atoms with E-state index in [0.717, 1.165) is 23.5 Å². The highest BCUT2D eigenvalue weighted by atomic mass is 16.5. The Morgan fingerprint density at radius 2 is 2.10 bits per heavy atom. The quantitative estimate of drug-likeness (QED) is 0.791. The van der Waals surface area contributed by atoms with Gasteiger partial charge in [-0.05, 0) is 25.5 Å². The molecule has 0 atom stereocenters. The fraction of sp³-hybridized carbons (Fsp3) is 0.333. The van der Waals surface area contributed by atoms with Crippen LogP contribution in [0.3, 0.4) is 0 Å². The van der Waals surface area contributed by atoms with Gasteiger partial charge in [0.15, 0.2) is 0 Å². The van der Waals surface area contributed by atoms with Gasteiger partial charge in [-0.25, -0.2) is 0 Å². The number of aromatic nitrogens is 2. The maximum atomic E-state index is 5.88. The lowest BCUT2D eigenvalue weighted by molar-refractivity contribution is 0.319. The average molecular weight is 272 g/mol. The van der Waals surface area contributed by atoms with Gasteiger partial charge < -0.3 is 15.8 Å². The Kier molecular flexibility index (Phi) is 4.76. The Labute approximate surface area is 119 Å². The molecule has 106 valence electrons. The van der Waals surface area contributed by atoms with E-state index in [1.807, 2.05) is 25.1 Å². The van der Waals surface area contributed by atoms with Gasteiger partial charge in [0.25, 0.3) is 0 Å². The maximum absolute atomic E-state index is 5.88. The number of hydrogen-bond donors (Lipinski definition) is 2. The van der Waals surface area contributed by atoms with Crippen LogP contribution in [0, 0.1) is 6.92 Å². The lowest BCUT2D eigenvalue weighted by Gasteiger charge is -2.11. The van der Waals surface area contributed by atoms with E-state index in [2.05, 4.69) is 22.2 Å². The molecule has 0 saturated carbocycles. The molecule has 0 fully saturated rings. The predicted octanol–water partition coefficient (Wildman–Crippen LogP) is 2.77.